The molecular formula is C11H12F3N5O2. The van der Waals surface area contributed by atoms with E-state index >= 15 is 0 Å². The lowest BCUT2D eigenvalue weighted by Crippen LogP contribution is -2.12. The molecule has 2 aromatic rings. The number of alkyl halides is 3. The van der Waals surface area contributed by atoms with Crippen LogP contribution in [0.15, 0.2) is 12.4 Å². The van der Waals surface area contributed by atoms with Gasteiger partial charge in [0.15, 0.2) is 5.82 Å². The van der Waals surface area contributed by atoms with Gasteiger partial charge in [-0.1, -0.05) is 5.21 Å². The van der Waals surface area contributed by atoms with Crippen molar-refractivity contribution in [1.82, 2.24) is 24.5 Å². The molecule has 0 unspecified atom stereocenters. The summed E-state index contributed by atoms with van der Waals surface area (Å²) in [6.45, 7) is -0.0953. The van der Waals surface area contributed by atoms with Gasteiger partial charge in [-0.15, -0.1) is 5.10 Å². The van der Waals surface area contributed by atoms with Crippen LogP contribution >= 0.6 is 0 Å². The number of aromatic carboxylic acids is 1. The van der Waals surface area contributed by atoms with Gasteiger partial charge in [-0.05, 0) is 6.42 Å². The zero-order valence-electron chi connectivity index (χ0n) is 11.0. The highest BCUT2D eigenvalue weighted by Crippen LogP contribution is 2.24. The van der Waals surface area contributed by atoms with Crippen LogP contribution in [0.3, 0.4) is 0 Å². The summed E-state index contributed by atoms with van der Waals surface area (Å²) in [5.41, 5.74) is -0.242. The summed E-state index contributed by atoms with van der Waals surface area (Å²) in [5, 5.41) is 16.2. The Bertz CT molecular complexity index is 647. The fraction of sp³-hybridized carbons (Fsp3) is 0.455. The molecule has 0 aliphatic carbocycles. The predicted octanol–water partition coefficient (Wildman–Crippen LogP) is 1.72. The minimum absolute atomic E-state index is 0.0946. The van der Waals surface area contributed by atoms with E-state index in [9.17, 15) is 18.0 Å². The number of nitrogens with zero attached hydrogens (tertiary/aromatic N) is 5. The standard InChI is InChI=1S/C11H12F3N5O2/c1-18-6-4-15-9(18)8-7(10(20)21)16-17-19(8)5-2-3-11(12,13)14/h4,6H,2-3,5H2,1H3,(H,20,21). The monoisotopic (exact) mass is 303 g/mol. The minimum Gasteiger partial charge on any atom is -0.476 e. The van der Waals surface area contributed by atoms with Gasteiger partial charge in [-0.2, -0.15) is 13.2 Å². The van der Waals surface area contributed by atoms with Crippen LogP contribution in [0.5, 0.6) is 0 Å². The smallest absolute Gasteiger partial charge is 0.389 e. The Kier molecular flexibility index (Phi) is 3.96. The van der Waals surface area contributed by atoms with Gasteiger partial charge in [-0.25, -0.2) is 14.5 Å². The maximum absolute atomic E-state index is 12.2. The first kappa shape index (κ1) is 15.0. The first-order chi connectivity index (χ1) is 9.79. The molecule has 0 bridgehead atoms. The van der Waals surface area contributed by atoms with E-state index in [1.54, 1.807) is 17.8 Å². The number of halogens is 3. The van der Waals surface area contributed by atoms with Gasteiger partial charge in [0.2, 0.25) is 5.69 Å². The summed E-state index contributed by atoms with van der Waals surface area (Å²) in [6.07, 6.45) is -2.42. The third-order valence-electron chi connectivity index (χ3n) is 2.80. The largest absolute Gasteiger partial charge is 0.476 e. The van der Waals surface area contributed by atoms with E-state index < -0.39 is 18.6 Å². The van der Waals surface area contributed by atoms with Crippen LogP contribution in [0.2, 0.25) is 0 Å². The Morgan fingerprint density at radius 2 is 2.14 bits per heavy atom. The van der Waals surface area contributed by atoms with Crippen molar-refractivity contribution in [2.45, 2.75) is 25.6 Å². The Labute approximate surface area is 117 Å². The molecule has 0 aliphatic heterocycles. The van der Waals surface area contributed by atoms with Crippen molar-refractivity contribution < 1.29 is 23.1 Å². The third kappa shape index (κ3) is 3.38. The molecule has 0 atom stereocenters. The summed E-state index contributed by atoms with van der Waals surface area (Å²) >= 11 is 0. The molecule has 0 aliphatic rings. The molecule has 0 fully saturated rings. The van der Waals surface area contributed by atoms with E-state index in [4.69, 9.17) is 5.11 Å². The Morgan fingerprint density at radius 3 is 2.67 bits per heavy atom. The average molecular weight is 303 g/mol. The van der Waals surface area contributed by atoms with Gasteiger partial charge in [-0.3, -0.25) is 0 Å². The molecule has 0 saturated heterocycles. The van der Waals surface area contributed by atoms with E-state index in [-0.39, 0.29) is 30.2 Å². The zero-order chi connectivity index (χ0) is 15.6. The molecule has 0 radical (unpaired) electrons. The molecule has 1 N–H and O–H groups in total. The van der Waals surface area contributed by atoms with Crippen molar-refractivity contribution in [3.63, 3.8) is 0 Å². The Hall–Kier alpha value is -2.39. The fourth-order valence-electron chi connectivity index (χ4n) is 1.86. The number of carboxylic acids is 1. The SMILES string of the molecule is Cn1ccnc1-c1c(C(=O)O)nnn1CCCC(F)(F)F. The van der Waals surface area contributed by atoms with Gasteiger partial charge in [0.1, 0.15) is 5.69 Å². The van der Waals surface area contributed by atoms with Crippen molar-refractivity contribution in [2.75, 3.05) is 0 Å². The summed E-state index contributed by atoms with van der Waals surface area (Å²) in [7, 11) is 1.64. The summed E-state index contributed by atoms with van der Waals surface area (Å²) < 4.78 is 39.2. The molecule has 10 heteroatoms. The van der Waals surface area contributed by atoms with Gasteiger partial charge in [0, 0.05) is 32.4 Å². The zero-order valence-corrected chi connectivity index (χ0v) is 11.0. The van der Waals surface area contributed by atoms with Crippen LogP contribution in [0.4, 0.5) is 13.2 Å². The second-order valence-corrected chi connectivity index (χ2v) is 4.40. The highest BCUT2D eigenvalue weighted by molar-refractivity contribution is 5.91. The topological polar surface area (TPSA) is 85.8 Å². The third-order valence-corrected chi connectivity index (χ3v) is 2.80. The van der Waals surface area contributed by atoms with Gasteiger partial charge >= 0.3 is 12.1 Å². The molecule has 2 rings (SSSR count). The van der Waals surface area contributed by atoms with Crippen molar-refractivity contribution in [1.29, 1.82) is 0 Å². The highest BCUT2D eigenvalue weighted by atomic mass is 19.4. The number of aryl methyl sites for hydroxylation is 2. The molecule has 2 heterocycles. The lowest BCUT2D eigenvalue weighted by Gasteiger charge is -2.08. The van der Waals surface area contributed by atoms with Crippen LogP contribution in [0, 0.1) is 0 Å². The van der Waals surface area contributed by atoms with Crippen LogP contribution < -0.4 is 0 Å². The van der Waals surface area contributed by atoms with Gasteiger partial charge in [0.25, 0.3) is 0 Å². The average Bonchev–Trinajstić information content (AvgIpc) is 2.93. The summed E-state index contributed by atoms with van der Waals surface area (Å²) in [6, 6.07) is 0. The molecule has 21 heavy (non-hydrogen) atoms. The lowest BCUT2D eigenvalue weighted by molar-refractivity contribution is -0.136. The number of aromatic nitrogens is 5. The van der Waals surface area contributed by atoms with E-state index in [0.29, 0.717) is 0 Å². The van der Waals surface area contributed by atoms with E-state index in [1.165, 1.54) is 6.20 Å². The minimum atomic E-state index is -4.26. The number of carboxylic acid groups (broad SMARTS) is 1. The number of carbonyl (C=O) groups is 1. The summed E-state index contributed by atoms with van der Waals surface area (Å²) in [5.74, 6) is -1.03. The van der Waals surface area contributed by atoms with Crippen LogP contribution in [0.25, 0.3) is 11.5 Å². The number of hydrogen-bond donors (Lipinski definition) is 1. The van der Waals surface area contributed by atoms with E-state index in [0.717, 1.165) is 4.68 Å². The van der Waals surface area contributed by atoms with Gasteiger partial charge < -0.3 is 9.67 Å². The van der Waals surface area contributed by atoms with Gasteiger partial charge in [0.05, 0.1) is 0 Å². The fourth-order valence-corrected chi connectivity index (χ4v) is 1.86. The quantitative estimate of drug-likeness (QED) is 0.909. The van der Waals surface area contributed by atoms with E-state index in [2.05, 4.69) is 15.3 Å². The van der Waals surface area contributed by atoms with Crippen LogP contribution in [-0.2, 0) is 13.6 Å². The number of hydrogen-bond acceptors (Lipinski definition) is 4. The van der Waals surface area contributed by atoms with Crippen LogP contribution in [-0.4, -0.2) is 41.8 Å². The normalized spacial score (nSPS) is 11.8. The first-order valence-electron chi connectivity index (χ1n) is 6.01. The van der Waals surface area contributed by atoms with Crippen molar-refractivity contribution in [2.24, 2.45) is 7.05 Å². The van der Waals surface area contributed by atoms with Crippen molar-refractivity contribution >= 4 is 5.97 Å². The Morgan fingerprint density at radius 1 is 1.43 bits per heavy atom. The maximum atomic E-state index is 12.2. The number of rotatable bonds is 5. The van der Waals surface area contributed by atoms with Crippen molar-refractivity contribution in [3.8, 4) is 11.5 Å². The summed E-state index contributed by atoms with van der Waals surface area (Å²) in [4.78, 5) is 15.1. The molecule has 114 valence electrons. The Balaban J connectivity index is 2.30. The molecule has 0 saturated carbocycles. The maximum Gasteiger partial charge on any atom is 0.389 e. The molecule has 0 amide bonds. The molecular weight excluding hydrogens is 291 g/mol. The second kappa shape index (κ2) is 5.54. The predicted molar refractivity (Wildman–Crippen MR) is 64.5 cm³/mol. The number of imidazole rings is 1. The molecule has 7 nitrogen and oxygen atoms in total. The van der Waals surface area contributed by atoms with Crippen molar-refractivity contribution in [3.05, 3.63) is 18.1 Å². The van der Waals surface area contributed by atoms with E-state index in [1.807, 2.05) is 0 Å². The van der Waals surface area contributed by atoms with Crippen LogP contribution in [0.1, 0.15) is 23.3 Å². The molecule has 0 spiro atoms. The first-order valence-corrected chi connectivity index (χ1v) is 6.01. The molecule has 0 aromatic carbocycles. The second-order valence-electron chi connectivity index (χ2n) is 4.40. The molecule has 2 aromatic heterocycles. The highest BCUT2D eigenvalue weighted by Gasteiger charge is 2.28. The lowest BCUT2D eigenvalue weighted by atomic mass is 10.2.